The Morgan fingerprint density at radius 1 is 1.18 bits per heavy atom. The van der Waals surface area contributed by atoms with Crippen LogP contribution >= 0.6 is 11.5 Å². The number of ether oxygens (including phenoxy) is 1. The summed E-state index contributed by atoms with van der Waals surface area (Å²) in [6.07, 6.45) is 0.654. The fraction of sp³-hybridized carbons (Fsp3) is 0.571. The van der Waals surface area contributed by atoms with Crippen molar-refractivity contribution < 1.29 is 27.5 Å². The highest BCUT2D eigenvalue weighted by Crippen LogP contribution is 2.40. The number of carbonyl (C=O) groups excluding carboxylic acids is 2. The van der Waals surface area contributed by atoms with Crippen molar-refractivity contribution in [3.8, 4) is 5.75 Å². The molecule has 1 atom stereocenters. The molecule has 3 heterocycles. The minimum absolute atomic E-state index is 0.00229. The predicted molar refractivity (Wildman–Crippen MR) is 114 cm³/mol. The molecule has 8 nitrogen and oxygen atoms in total. The van der Waals surface area contributed by atoms with Gasteiger partial charge in [0, 0.05) is 30.2 Å². The molecule has 2 aromatic rings. The van der Waals surface area contributed by atoms with E-state index in [1.807, 2.05) is 0 Å². The smallest absolute Gasteiger partial charge is 0.391 e. The van der Waals surface area contributed by atoms with Crippen LogP contribution in [0.5, 0.6) is 5.75 Å². The molecule has 1 aliphatic heterocycles. The molecule has 2 fully saturated rings. The Kier molecular flexibility index (Phi) is 7.11. The number of hydrogen-bond donors (Lipinski definition) is 1. The fourth-order valence-electron chi connectivity index (χ4n) is 4.45. The van der Waals surface area contributed by atoms with Crippen molar-refractivity contribution in [1.82, 2.24) is 19.2 Å². The first-order valence-electron chi connectivity index (χ1n) is 10.9. The lowest BCUT2D eigenvalue weighted by Crippen LogP contribution is -2.44. The van der Waals surface area contributed by atoms with Crippen molar-refractivity contribution in [2.24, 2.45) is 11.8 Å². The summed E-state index contributed by atoms with van der Waals surface area (Å²) < 4.78 is 48.5. The maximum atomic E-state index is 13.0. The third-order valence-corrected chi connectivity index (χ3v) is 6.78. The highest BCUT2D eigenvalue weighted by atomic mass is 32.1. The summed E-state index contributed by atoms with van der Waals surface area (Å²) in [6.45, 7) is 0.734. The van der Waals surface area contributed by atoms with Gasteiger partial charge >= 0.3 is 6.18 Å². The molecule has 0 unspecified atom stereocenters. The Balaban J connectivity index is 1.35. The lowest BCUT2D eigenvalue weighted by atomic mass is 9.81. The summed E-state index contributed by atoms with van der Waals surface area (Å²) in [7, 11) is 0. The molecule has 0 spiro atoms. The number of nitrogens with zero attached hydrogens (tertiary/aromatic N) is 4. The van der Waals surface area contributed by atoms with Gasteiger partial charge in [-0.05, 0) is 50.7 Å². The van der Waals surface area contributed by atoms with Crippen LogP contribution < -0.4 is 10.1 Å². The van der Waals surface area contributed by atoms with Gasteiger partial charge in [0.2, 0.25) is 11.0 Å². The van der Waals surface area contributed by atoms with Gasteiger partial charge in [-0.15, -0.1) is 0 Å². The van der Waals surface area contributed by atoms with Crippen LogP contribution in [0, 0.1) is 11.8 Å². The van der Waals surface area contributed by atoms with E-state index < -0.39 is 18.0 Å². The van der Waals surface area contributed by atoms with Crippen molar-refractivity contribution >= 4 is 28.5 Å². The Labute approximate surface area is 192 Å². The molecule has 2 amide bonds. The molecule has 1 aliphatic carbocycles. The Morgan fingerprint density at radius 3 is 2.67 bits per heavy atom. The normalized spacial score (nSPS) is 23.4. The van der Waals surface area contributed by atoms with Crippen LogP contribution in [0.15, 0.2) is 24.7 Å². The first kappa shape index (κ1) is 23.4. The molecule has 2 aromatic heterocycles. The standard InChI is InChI=1S/C21H24F3N5O3S/c22-21(23,24)14-7-5-13(6-8-14)19(31)29-10-2-3-15(29)11-32-16-4-1-9-25-17(16)18(30)28-20-26-12-27-33-20/h1,4,9,12-15H,2-3,5-8,10-11H2,(H,26,27,28,30)/t13?,14?,15-/m1/s1. The van der Waals surface area contributed by atoms with E-state index in [0.717, 1.165) is 24.4 Å². The van der Waals surface area contributed by atoms with Crippen LogP contribution in [0.2, 0.25) is 0 Å². The van der Waals surface area contributed by atoms with Crippen molar-refractivity contribution in [2.75, 3.05) is 18.5 Å². The van der Waals surface area contributed by atoms with Crippen LogP contribution in [0.25, 0.3) is 0 Å². The number of carbonyl (C=O) groups is 2. The van der Waals surface area contributed by atoms with Gasteiger partial charge in [0.15, 0.2) is 11.4 Å². The van der Waals surface area contributed by atoms with Gasteiger partial charge in [-0.25, -0.2) is 9.97 Å². The van der Waals surface area contributed by atoms with E-state index in [9.17, 15) is 22.8 Å². The summed E-state index contributed by atoms with van der Waals surface area (Å²) in [6, 6.07) is 3.08. The Bertz CT molecular complexity index is 964. The van der Waals surface area contributed by atoms with E-state index in [4.69, 9.17) is 4.74 Å². The molecule has 178 valence electrons. The molecular weight excluding hydrogens is 459 g/mol. The molecule has 0 aromatic carbocycles. The number of halogens is 3. The highest BCUT2D eigenvalue weighted by molar-refractivity contribution is 7.09. The number of hydrogen-bond acceptors (Lipinski definition) is 7. The van der Waals surface area contributed by atoms with E-state index in [-0.39, 0.29) is 61.6 Å². The molecule has 1 saturated carbocycles. The molecule has 0 radical (unpaired) electrons. The second kappa shape index (κ2) is 10.0. The third-order valence-electron chi connectivity index (χ3n) is 6.20. The number of aromatic nitrogens is 3. The SMILES string of the molecule is O=C(Nc1ncns1)c1ncccc1OC[C@H]1CCCN1C(=O)C1CCC(C(F)(F)F)CC1. The van der Waals surface area contributed by atoms with Gasteiger partial charge in [-0.2, -0.15) is 17.5 Å². The van der Waals surface area contributed by atoms with Crippen LogP contribution in [-0.4, -0.2) is 56.4 Å². The van der Waals surface area contributed by atoms with Gasteiger partial charge in [0.1, 0.15) is 12.9 Å². The minimum Gasteiger partial charge on any atom is -0.489 e. The number of likely N-dealkylation sites (tertiary alicyclic amines) is 1. The quantitative estimate of drug-likeness (QED) is 0.669. The van der Waals surface area contributed by atoms with Gasteiger partial charge in [0.05, 0.1) is 12.0 Å². The average molecular weight is 484 g/mol. The summed E-state index contributed by atoms with van der Waals surface area (Å²) in [5.74, 6) is -1.99. The number of alkyl halides is 3. The summed E-state index contributed by atoms with van der Waals surface area (Å²) in [5.41, 5.74) is 0.0917. The van der Waals surface area contributed by atoms with Gasteiger partial charge in [-0.1, -0.05) is 0 Å². The van der Waals surface area contributed by atoms with E-state index in [2.05, 4.69) is 19.7 Å². The maximum Gasteiger partial charge on any atom is 0.391 e. The van der Waals surface area contributed by atoms with Crippen molar-refractivity contribution in [3.05, 3.63) is 30.4 Å². The molecule has 2 aliphatic rings. The van der Waals surface area contributed by atoms with Crippen LogP contribution in [0.3, 0.4) is 0 Å². The minimum atomic E-state index is -4.19. The second-order valence-corrected chi connectivity index (χ2v) is 9.06. The summed E-state index contributed by atoms with van der Waals surface area (Å²) in [5, 5.41) is 2.95. The zero-order valence-corrected chi connectivity index (χ0v) is 18.6. The van der Waals surface area contributed by atoms with Gasteiger partial charge < -0.3 is 9.64 Å². The van der Waals surface area contributed by atoms with Crippen LogP contribution in [0.1, 0.15) is 49.0 Å². The highest BCUT2D eigenvalue weighted by Gasteiger charge is 2.44. The average Bonchev–Trinajstić information content (AvgIpc) is 3.49. The monoisotopic (exact) mass is 483 g/mol. The van der Waals surface area contributed by atoms with Crippen molar-refractivity contribution in [2.45, 2.75) is 50.7 Å². The molecule has 1 saturated heterocycles. The zero-order chi connectivity index (χ0) is 23.4. The molecule has 0 bridgehead atoms. The summed E-state index contributed by atoms with van der Waals surface area (Å²) in [4.78, 5) is 35.3. The van der Waals surface area contributed by atoms with E-state index in [1.165, 1.54) is 12.5 Å². The largest absolute Gasteiger partial charge is 0.489 e. The maximum absolute atomic E-state index is 13.0. The molecule has 12 heteroatoms. The lowest BCUT2D eigenvalue weighted by Gasteiger charge is -2.33. The Morgan fingerprint density at radius 2 is 1.97 bits per heavy atom. The number of amides is 2. The zero-order valence-electron chi connectivity index (χ0n) is 17.8. The van der Waals surface area contributed by atoms with E-state index in [0.29, 0.717) is 11.7 Å². The van der Waals surface area contributed by atoms with Crippen LogP contribution in [-0.2, 0) is 4.79 Å². The molecular formula is C21H24F3N5O3S. The fourth-order valence-corrected chi connectivity index (χ4v) is 4.88. The first-order valence-corrected chi connectivity index (χ1v) is 11.6. The van der Waals surface area contributed by atoms with Crippen LogP contribution in [0.4, 0.5) is 18.3 Å². The third kappa shape index (κ3) is 5.60. The summed E-state index contributed by atoms with van der Waals surface area (Å²) >= 11 is 1.04. The predicted octanol–water partition coefficient (Wildman–Crippen LogP) is 3.92. The lowest BCUT2D eigenvalue weighted by molar-refractivity contribution is -0.185. The van der Waals surface area contributed by atoms with Gasteiger partial charge in [-0.3, -0.25) is 14.9 Å². The van der Waals surface area contributed by atoms with E-state index in [1.54, 1.807) is 17.0 Å². The number of rotatable bonds is 6. The number of pyridine rings is 1. The van der Waals surface area contributed by atoms with Crippen molar-refractivity contribution in [3.63, 3.8) is 0 Å². The van der Waals surface area contributed by atoms with E-state index >= 15 is 0 Å². The number of anilines is 1. The Hall–Kier alpha value is -2.76. The van der Waals surface area contributed by atoms with Gasteiger partial charge in [0.25, 0.3) is 5.91 Å². The van der Waals surface area contributed by atoms with Crippen molar-refractivity contribution in [1.29, 1.82) is 0 Å². The molecule has 1 N–H and O–H groups in total. The molecule has 33 heavy (non-hydrogen) atoms. The molecule has 4 rings (SSSR count). The first-order chi connectivity index (χ1) is 15.8. The second-order valence-electron chi connectivity index (χ2n) is 8.28. The number of nitrogens with one attached hydrogen (secondary N) is 1. The topological polar surface area (TPSA) is 97.3 Å².